The molecule has 0 heterocycles. The molecule has 0 aromatic heterocycles. The zero-order chi connectivity index (χ0) is 12.2. The SMILES string of the molecule is CCOc1ccc(NC(C)(C)CO)cc1Cl. The fraction of sp³-hybridized carbons (Fsp3) is 0.500. The largest absolute Gasteiger partial charge is 0.492 e. The van der Waals surface area contributed by atoms with E-state index in [2.05, 4.69) is 5.32 Å². The summed E-state index contributed by atoms with van der Waals surface area (Å²) in [5.74, 6) is 0.677. The van der Waals surface area contributed by atoms with Crippen molar-refractivity contribution in [2.75, 3.05) is 18.5 Å². The quantitative estimate of drug-likeness (QED) is 0.836. The van der Waals surface area contributed by atoms with Crippen LogP contribution in [-0.4, -0.2) is 23.9 Å². The molecule has 16 heavy (non-hydrogen) atoms. The molecule has 0 saturated heterocycles. The zero-order valence-corrected chi connectivity index (χ0v) is 10.6. The first-order chi connectivity index (χ1) is 7.48. The average molecular weight is 244 g/mol. The minimum Gasteiger partial charge on any atom is -0.492 e. The van der Waals surface area contributed by atoms with Crippen LogP contribution in [0.15, 0.2) is 18.2 Å². The molecule has 0 spiro atoms. The van der Waals surface area contributed by atoms with Crippen molar-refractivity contribution in [1.82, 2.24) is 0 Å². The number of hydrogen-bond donors (Lipinski definition) is 2. The van der Waals surface area contributed by atoms with Crippen LogP contribution in [0.1, 0.15) is 20.8 Å². The molecule has 0 aliphatic rings. The normalized spacial score (nSPS) is 11.3. The monoisotopic (exact) mass is 243 g/mol. The number of aliphatic hydroxyl groups excluding tert-OH is 1. The van der Waals surface area contributed by atoms with Gasteiger partial charge < -0.3 is 15.2 Å². The summed E-state index contributed by atoms with van der Waals surface area (Å²) >= 11 is 6.05. The molecular weight excluding hydrogens is 226 g/mol. The van der Waals surface area contributed by atoms with E-state index in [1.54, 1.807) is 6.07 Å². The highest BCUT2D eigenvalue weighted by molar-refractivity contribution is 6.32. The maximum atomic E-state index is 9.14. The zero-order valence-electron chi connectivity index (χ0n) is 9.88. The molecule has 0 atom stereocenters. The third-order valence-corrected chi connectivity index (χ3v) is 2.41. The Morgan fingerprint density at radius 1 is 1.44 bits per heavy atom. The van der Waals surface area contributed by atoms with E-state index in [9.17, 15) is 0 Å². The average Bonchev–Trinajstić information content (AvgIpc) is 2.22. The van der Waals surface area contributed by atoms with Gasteiger partial charge in [0.1, 0.15) is 5.75 Å². The molecule has 0 radical (unpaired) electrons. The third-order valence-electron chi connectivity index (χ3n) is 2.11. The summed E-state index contributed by atoms with van der Waals surface area (Å²) in [6.07, 6.45) is 0. The number of nitrogens with one attached hydrogen (secondary N) is 1. The van der Waals surface area contributed by atoms with E-state index in [4.69, 9.17) is 21.4 Å². The van der Waals surface area contributed by atoms with Crippen molar-refractivity contribution in [1.29, 1.82) is 0 Å². The summed E-state index contributed by atoms with van der Waals surface area (Å²) in [6.45, 7) is 6.39. The van der Waals surface area contributed by atoms with Crippen molar-refractivity contribution >= 4 is 17.3 Å². The molecule has 3 nitrogen and oxygen atoms in total. The Morgan fingerprint density at radius 3 is 2.62 bits per heavy atom. The number of anilines is 1. The molecule has 1 aromatic rings. The molecule has 90 valence electrons. The highest BCUT2D eigenvalue weighted by Crippen LogP contribution is 2.28. The van der Waals surface area contributed by atoms with Crippen LogP contribution in [-0.2, 0) is 0 Å². The van der Waals surface area contributed by atoms with Crippen molar-refractivity contribution in [2.45, 2.75) is 26.3 Å². The molecule has 0 fully saturated rings. The highest BCUT2D eigenvalue weighted by Gasteiger charge is 2.16. The molecule has 0 bridgehead atoms. The standard InChI is InChI=1S/C12H18ClNO2/c1-4-16-11-6-5-9(7-10(11)13)14-12(2,3)8-15/h5-7,14-15H,4,8H2,1-3H3. The Morgan fingerprint density at radius 2 is 2.12 bits per heavy atom. The number of benzene rings is 1. The van der Waals surface area contributed by atoms with Gasteiger partial charge in [-0.1, -0.05) is 11.6 Å². The second-order valence-electron chi connectivity index (χ2n) is 4.25. The summed E-state index contributed by atoms with van der Waals surface area (Å²) in [6, 6.07) is 5.50. The van der Waals surface area contributed by atoms with Crippen molar-refractivity contribution in [3.05, 3.63) is 23.2 Å². The Balaban J connectivity index is 2.81. The molecule has 0 aliphatic carbocycles. The molecule has 4 heteroatoms. The van der Waals surface area contributed by atoms with Gasteiger partial charge in [0.25, 0.3) is 0 Å². The van der Waals surface area contributed by atoms with Gasteiger partial charge in [-0.2, -0.15) is 0 Å². The maximum absolute atomic E-state index is 9.14. The van der Waals surface area contributed by atoms with E-state index in [1.165, 1.54) is 0 Å². The Hall–Kier alpha value is -0.930. The van der Waals surface area contributed by atoms with Gasteiger partial charge in [-0.3, -0.25) is 0 Å². The van der Waals surface area contributed by atoms with Crippen LogP contribution in [0.25, 0.3) is 0 Å². The predicted octanol–water partition coefficient (Wildman–Crippen LogP) is 2.92. The Labute approximate surface area is 101 Å². The fourth-order valence-corrected chi connectivity index (χ4v) is 1.52. The van der Waals surface area contributed by atoms with Crippen molar-refractivity contribution in [2.24, 2.45) is 0 Å². The van der Waals surface area contributed by atoms with Crippen LogP contribution in [0, 0.1) is 0 Å². The Kier molecular flexibility index (Phi) is 4.44. The summed E-state index contributed by atoms with van der Waals surface area (Å²) in [4.78, 5) is 0. The second kappa shape index (κ2) is 5.41. The lowest BCUT2D eigenvalue weighted by molar-refractivity contribution is 0.234. The van der Waals surface area contributed by atoms with Crippen LogP contribution in [0.5, 0.6) is 5.75 Å². The topological polar surface area (TPSA) is 41.5 Å². The van der Waals surface area contributed by atoms with Gasteiger partial charge in [0.2, 0.25) is 0 Å². The summed E-state index contributed by atoms with van der Waals surface area (Å²) < 4.78 is 5.34. The van der Waals surface area contributed by atoms with E-state index >= 15 is 0 Å². The smallest absolute Gasteiger partial charge is 0.138 e. The van der Waals surface area contributed by atoms with Gasteiger partial charge in [0, 0.05) is 5.69 Å². The summed E-state index contributed by atoms with van der Waals surface area (Å²) in [5, 5.41) is 12.9. The first kappa shape index (κ1) is 13.1. The van der Waals surface area contributed by atoms with Crippen molar-refractivity contribution < 1.29 is 9.84 Å². The predicted molar refractivity (Wildman–Crippen MR) is 67.4 cm³/mol. The molecule has 1 rings (SSSR count). The fourth-order valence-electron chi connectivity index (χ4n) is 1.28. The number of hydrogen-bond acceptors (Lipinski definition) is 3. The van der Waals surface area contributed by atoms with E-state index in [0.717, 1.165) is 5.69 Å². The van der Waals surface area contributed by atoms with Crippen LogP contribution in [0.2, 0.25) is 5.02 Å². The molecule has 2 N–H and O–H groups in total. The maximum Gasteiger partial charge on any atom is 0.138 e. The van der Waals surface area contributed by atoms with Gasteiger partial charge in [0.05, 0.1) is 23.8 Å². The Bertz CT molecular complexity index is 353. The number of halogens is 1. The van der Waals surface area contributed by atoms with Gasteiger partial charge in [-0.15, -0.1) is 0 Å². The number of aliphatic hydroxyl groups is 1. The van der Waals surface area contributed by atoms with Crippen molar-refractivity contribution in [3.63, 3.8) is 0 Å². The van der Waals surface area contributed by atoms with E-state index in [0.29, 0.717) is 17.4 Å². The molecule has 0 saturated carbocycles. The lowest BCUT2D eigenvalue weighted by Crippen LogP contribution is -2.34. The summed E-state index contributed by atoms with van der Waals surface area (Å²) in [5.41, 5.74) is 0.503. The lowest BCUT2D eigenvalue weighted by Gasteiger charge is -2.25. The van der Waals surface area contributed by atoms with Crippen molar-refractivity contribution in [3.8, 4) is 5.75 Å². The molecule has 0 amide bonds. The minimum absolute atomic E-state index is 0.0534. The molecule has 0 aliphatic heterocycles. The lowest BCUT2D eigenvalue weighted by atomic mass is 10.1. The molecular formula is C12H18ClNO2. The van der Waals surface area contributed by atoms with Gasteiger partial charge in [-0.25, -0.2) is 0 Å². The minimum atomic E-state index is -0.365. The van der Waals surface area contributed by atoms with Crippen LogP contribution in [0.4, 0.5) is 5.69 Å². The van der Waals surface area contributed by atoms with Crippen LogP contribution < -0.4 is 10.1 Å². The van der Waals surface area contributed by atoms with Gasteiger partial charge in [-0.05, 0) is 39.0 Å². The van der Waals surface area contributed by atoms with E-state index in [1.807, 2.05) is 32.9 Å². The van der Waals surface area contributed by atoms with Crippen LogP contribution in [0.3, 0.4) is 0 Å². The van der Waals surface area contributed by atoms with E-state index < -0.39 is 0 Å². The summed E-state index contributed by atoms with van der Waals surface area (Å²) in [7, 11) is 0. The molecule has 0 unspecified atom stereocenters. The van der Waals surface area contributed by atoms with Gasteiger partial charge >= 0.3 is 0 Å². The van der Waals surface area contributed by atoms with Gasteiger partial charge in [0.15, 0.2) is 0 Å². The second-order valence-corrected chi connectivity index (χ2v) is 4.65. The first-order valence-electron chi connectivity index (χ1n) is 5.30. The molecule has 1 aromatic carbocycles. The first-order valence-corrected chi connectivity index (χ1v) is 5.67. The third kappa shape index (κ3) is 3.58. The van der Waals surface area contributed by atoms with E-state index in [-0.39, 0.29) is 12.1 Å². The number of rotatable bonds is 5. The number of ether oxygens (including phenoxy) is 1. The van der Waals surface area contributed by atoms with Crippen LogP contribution >= 0.6 is 11.6 Å². The highest BCUT2D eigenvalue weighted by atomic mass is 35.5.